The number of fused-ring (bicyclic) bond motifs is 2. The number of rotatable bonds is 0. The van der Waals surface area contributed by atoms with Crippen molar-refractivity contribution in [3.63, 3.8) is 0 Å². The molecular weight excluding hydrogens is 166 g/mol. The van der Waals surface area contributed by atoms with Crippen LogP contribution in [0.5, 0.6) is 0 Å². The van der Waals surface area contributed by atoms with E-state index in [2.05, 4.69) is 9.89 Å². The van der Waals surface area contributed by atoms with E-state index >= 15 is 0 Å². The van der Waals surface area contributed by atoms with Gasteiger partial charge in [-0.15, -0.1) is 0 Å². The molecule has 0 radical (unpaired) electrons. The fraction of sp³-hybridized carbons (Fsp3) is 0.889. The van der Waals surface area contributed by atoms with Gasteiger partial charge in [0.1, 0.15) is 12.1 Å². The minimum absolute atomic E-state index is 0.0284. The van der Waals surface area contributed by atoms with Crippen LogP contribution in [0.3, 0.4) is 0 Å². The van der Waals surface area contributed by atoms with Gasteiger partial charge in [0.15, 0.2) is 0 Å². The summed E-state index contributed by atoms with van der Waals surface area (Å²) in [7, 11) is 0. The zero-order valence-electron chi connectivity index (χ0n) is 7.70. The Bertz CT molecular complexity index is 266. The SMILES string of the molecule is NC1=NC2(CCN3CCCC32)CO1. The highest BCUT2D eigenvalue weighted by Crippen LogP contribution is 2.40. The molecule has 4 nitrogen and oxygen atoms in total. The Labute approximate surface area is 77.7 Å². The van der Waals surface area contributed by atoms with Gasteiger partial charge in [0, 0.05) is 12.6 Å². The minimum Gasteiger partial charge on any atom is -0.463 e. The quantitative estimate of drug-likeness (QED) is 0.569. The van der Waals surface area contributed by atoms with E-state index in [-0.39, 0.29) is 5.54 Å². The molecule has 2 fully saturated rings. The number of amidine groups is 1. The molecule has 1 spiro atoms. The van der Waals surface area contributed by atoms with Crippen molar-refractivity contribution in [1.29, 1.82) is 0 Å². The van der Waals surface area contributed by atoms with Crippen LogP contribution in [0, 0.1) is 0 Å². The van der Waals surface area contributed by atoms with Gasteiger partial charge in [-0.25, -0.2) is 4.99 Å². The van der Waals surface area contributed by atoms with Crippen LogP contribution in [0.4, 0.5) is 0 Å². The first-order valence-electron chi connectivity index (χ1n) is 5.02. The van der Waals surface area contributed by atoms with Crippen LogP contribution in [-0.2, 0) is 4.74 Å². The van der Waals surface area contributed by atoms with Crippen LogP contribution in [0.15, 0.2) is 4.99 Å². The smallest absolute Gasteiger partial charge is 0.282 e. The summed E-state index contributed by atoms with van der Waals surface area (Å²) in [6.45, 7) is 3.12. The molecule has 0 amide bonds. The predicted octanol–water partition coefficient (Wildman–Crippen LogP) is -0.0618. The number of nitrogens with two attached hydrogens (primary N) is 1. The van der Waals surface area contributed by atoms with Crippen molar-refractivity contribution < 1.29 is 4.74 Å². The minimum atomic E-state index is 0.0284. The Balaban J connectivity index is 1.92. The van der Waals surface area contributed by atoms with Crippen molar-refractivity contribution in [2.75, 3.05) is 19.7 Å². The molecule has 72 valence electrons. The first-order chi connectivity index (χ1) is 6.30. The van der Waals surface area contributed by atoms with Gasteiger partial charge in [-0.3, -0.25) is 4.90 Å². The number of aliphatic imine (C=N–C) groups is 1. The highest BCUT2D eigenvalue weighted by atomic mass is 16.5. The molecule has 2 atom stereocenters. The standard InChI is InChI=1S/C9H15N3O/c10-8-11-9(6-13-8)3-5-12-4-1-2-7(9)12/h7H,1-6H2,(H2,10,11). The number of hydrogen-bond donors (Lipinski definition) is 1. The molecule has 0 aromatic carbocycles. The predicted molar refractivity (Wildman–Crippen MR) is 49.5 cm³/mol. The van der Waals surface area contributed by atoms with E-state index in [1.165, 1.54) is 25.9 Å². The maximum Gasteiger partial charge on any atom is 0.282 e. The van der Waals surface area contributed by atoms with Crippen LogP contribution >= 0.6 is 0 Å². The van der Waals surface area contributed by atoms with Gasteiger partial charge < -0.3 is 10.5 Å². The van der Waals surface area contributed by atoms with Crippen molar-refractivity contribution in [2.24, 2.45) is 10.7 Å². The third kappa shape index (κ3) is 0.921. The average molecular weight is 181 g/mol. The molecule has 3 aliphatic rings. The number of hydrogen-bond acceptors (Lipinski definition) is 4. The summed E-state index contributed by atoms with van der Waals surface area (Å²) >= 11 is 0. The summed E-state index contributed by atoms with van der Waals surface area (Å²) in [5.74, 6) is 0. The third-order valence-corrected chi connectivity index (χ3v) is 3.62. The molecule has 13 heavy (non-hydrogen) atoms. The molecule has 3 heterocycles. The first kappa shape index (κ1) is 7.62. The second-order valence-corrected chi connectivity index (χ2v) is 4.29. The molecule has 0 aliphatic carbocycles. The molecule has 0 saturated carbocycles. The zero-order valence-corrected chi connectivity index (χ0v) is 7.70. The maximum atomic E-state index is 5.58. The fourth-order valence-electron chi connectivity index (χ4n) is 2.99. The third-order valence-electron chi connectivity index (χ3n) is 3.62. The van der Waals surface area contributed by atoms with E-state index in [1.807, 2.05) is 0 Å². The number of nitrogens with zero attached hydrogens (tertiary/aromatic N) is 2. The Morgan fingerprint density at radius 3 is 3.23 bits per heavy atom. The van der Waals surface area contributed by atoms with Gasteiger partial charge in [-0.05, 0) is 25.8 Å². The van der Waals surface area contributed by atoms with Crippen LogP contribution in [0.2, 0.25) is 0 Å². The van der Waals surface area contributed by atoms with Gasteiger partial charge >= 0.3 is 0 Å². The van der Waals surface area contributed by atoms with Crippen molar-refractivity contribution in [3.05, 3.63) is 0 Å². The van der Waals surface area contributed by atoms with Crippen molar-refractivity contribution >= 4 is 6.02 Å². The van der Waals surface area contributed by atoms with Gasteiger partial charge in [0.05, 0.1) is 0 Å². The summed E-state index contributed by atoms with van der Waals surface area (Å²) in [6, 6.07) is 1.00. The normalized spacial score (nSPS) is 43.7. The van der Waals surface area contributed by atoms with Crippen LogP contribution in [0.1, 0.15) is 19.3 Å². The van der Waals surface area contributed by atoms with E-state index in [1.54, 1.807) is 0 Å². The summed E-state index contributed by atoms with van der Waals surface area (Å²) in [5.41, 5.74) is 5.61. The van der Waals surface area contributed by atoms with Crippen molar-refractivity contribution in [1.82, 2.24) is 4.90 Å². The van der Waals surface area contributed by atoms with Crippen LogP contribution < -0.4 is 5.73 Å². The second kappa shape index (κ2) is 2.38. The van der Waals surface area contributed by atoms with Crippen LogP contribution in [0.25, 0.3) is 0 Å². The molecule has 3 rings (SSSR count). The summed E-state index contributed by atoms with van der Waals surface area (Å²) in [4.78, 5) is 7.03. The second-order valence-electron chi connectivity index (χ2n) is 4.29. The number of ether oxygens (including phenoxy) is 1. The highest BCUT2D eigenvalue weighted by Gasteiger charge is 2.52. The van der Waals surface area contributed by atoms with Gasteiger partial charge in [-0.1, -0.05) is 0 Å². The summed E-state index contributed by atoms with van der Waals surface area (Å²) in [6.07, 6.45) is 3.69. The van der Waals surface area contributed by atoms with Gasteiger partial charge in [0.2, 0.25) is 0 Å². The first-order valence-corrected chi connectivity index (χ1v) is 5.02. The summed E-state index contributed by atoms with van der Waals surface area (Å²) < 4.78 is 5.30. The monoisotopic (exact) mass is 181 g/mol. The molecular formula is C9H15N3O. The average Bonchev–Trinajstić information content (AvgIpc) is 2.72. The zero-order chi connectivity index (χ0) is 8.89. The molecule has 3 aliphatic heterocycles. The lowest BCUT2D eigenvalue weighted by Crippen LogP contribution is -2.40. The van der Waals surface area contributed by atoms with E-state index in [9.17, 15) is 0 Å². The van der Waals surface area contributed by atoms with E-state index < -0.39 is 0 Å². The lowest BCUT2D eigenvalue weighted by molar-refractivity contribution is 0.205. The Kier molecular flexibility index (Phi) is 1.39. The molecule has 0 aromatic heterocycles. The summed E-state index contributed by atoms with van der Waals surface area (Å²) in [5, 5.41) is 0. The Morgan fingerprint density at radius 2 is 2.46 bits per heavy atom. The largest absolute Gasteiger partial charge is 0.463 e. The molecule has 0 bridgehead atoms. The molecule has 0 aromatic rings. The van der Waals surface area contributed by atoms with E-state index in [0.717, 1.165) is 6.42 Å². The maximum absolute atomic E-state index is 5.58. The van der Waals surface area contributed by atoms with Gasteiger partial charge in [-0.2, -0.15) is 0 Å². The van der Waals surface area contributed by atoms with Gasteiger partial charge in [0.25, 0.3) is 6.02 Å². The molecule has 2 unspecified atom stereocenters. The topological polar surface area (TPSA) is 50.8 Å². The Morgan fingerprint density at radius 1 is 1.54 bits per heavy atom. The van der Waals surface area contributed by atoms with E-state index in [4.69, 9.17) is 10.5 Å². The lowest BCUT2D eigenvalue weighted by atomic mass is 9.91. The van der Waals surface area contributed by atoms with E-state index in [0.29, 0.717) is 18.7 Å². The fourth-order valence-corrected chi connectivity index (χ4v) is 2.99. The highest BCUT2D eigenvalue weighted by molar-refractivity contribution is 5.74. The lowest BCUT2D eigenvalue weighted by Gasteiger charge is -2.25. The van der Waals surface area contributed by atoms with Crippen molar-refractivity contribution in [3.8, 4) is 0 Å². The molecule has 2 N–H and O–H groups in total. The van der Waals surface area contributed by atoms with Crippen molar-refractivity contribution in [2.45, 2.75) is 30.8 Å². The molecule has 2 saturated heterocycles. The molecule has 4 heteroatoms. The van der Waals surface area contributed by atoms with Crippen LogP contribution in [-0.4, -0.2) is 42.2 Å². The Hall–Kier alpha value is -0.770.